The highest BCUT2D eigenvalue weighted by Gasteiger charge is 2.25. The van der Waals surface area contributed by atoms with Crippen molar-refractivity contribution < 1.29 is 14.3 Å². The van der Waals surface area contributed by atoms with E-state index < -0.39 is 6.10 Å². The third-order valence-electron chi connectivity index (χ3n) is 4.37. The Kier molecular flexibility index (Phi) is 4.97. The van der Waals surface area contributed by atoms with Gasteiger partial charge in [0.05, 0.1) is 16.7 Å². The normalized spacial score (nSPS) is 13.7. The Labute approximate surface area is 156 Å². The number of ketones is 1. The van der Waals surface area contributed by atoms with Crippen molar-refractivity contribution in [1.29, 1.82) is 5.26 Å². The monoisotopic (exact) mass is 368 g/mol. The minimum absolute atomic E-state index is 0.00464. The van der Waals surface area contributed by atoms with E-state index in [0.29, 0.717) is 23.4 Å². The first-order chi connectivity index (χ1) is 12.4. The maximum atomic E-state index is 12.7. The average molecular weight is 369 g/mol. The number of hydrogen-bond acceptors (Lipinski definition) is 4. The van der Waals surface area contributed by atoms with Crippen LogP contribution in [0.5, 0.6) is 5.75 Å². The van der Waals surface area contributed by atoms with E-state index in [1.54, 1.807) is 36.1 Å². The molecule has 3 rings (SSSR count). The molecule has 1 aliphatic heterocycles. The zero-order valence-corrected chi connectivity index (χ0v) is 15.2. The van der Waals surface area contributed by atoms with Crippen molar-refractivity contribution >= 4 is 29.0 Å². The van der Waals surface area contributed by atoms with E-state index >= 15 is 0 Å². The molecule has 0 saturated carbocycles. The molecule has 0 spiro atoms. The molecular formula is C20H17ClN2O3. The van der Waals surface area contributed by atoms with Crippen molar-refractivity contribution in [2.75, 3.05) is 11.4 Å². The lowest BCUT2D eigenvalue weighted by molar-refractivity contribution is -0.116. The SMILES string of the molecule is CC(=O)N1CCc2cc(C(=O)C(C)Oc3ccc(C#N)cc3Cl)ccc21. The molecule has 0 radical (unpaired) electrons. The molecule has 1 unspecified atom stereocenters. The number of hydrogen-bond donors (Lipinski definition) is 0. The molecule has 2 aromatic rings. The van der Waals surface area contributed by atoms with Crippen molar-refractivity contribution in [2.45, 2.75) is 26.4 Å². The van der Waals surface area contributed by atoms with Crippen molar-refractivity contribution in [3.05, 3.63) is 58.1 Å². The summed E-state index contributed by atoms with van der Waals surface area (Å²) >= 11 is 6.10. The van der Waals surface area contributed by atoms with Crippen LogP contribution in [0, 0.1) is 11.3 Å². The molecule has 1 atom stereocenters. The van der Waals surface area contributed by atoms with Gasteiger partial charge in [-0.25, -0.2) is 0 Å². The summed E-state index contributed by atoms with van der Waals surface area (Å²) in [5.41, 5.74) is 2.80. The van der Waals surface area contributed by atoms with Gasteiger partial charge in [0, 0.05) is 24.7 Å². The first kappa shape index (κ1) is 18.0. The van der Waals surface area contributed by atoms with Gasteiger partial charge in [-0.15, -0.1) is 0 Å². The summed E-state index contributed by atoms with van der Waals surface area (Å²) in [5, 5.41) is 9.16. The number of amides is 1. The average Bonchev–Trinajstić information content (AvgIpc) is 3.06. The van der Waals surface area contributed by atoms with Gasteiger partial charge in [0.15, 0.2) is 6.10 Å². The maximum absolute atomic E-state index is 12.7. The number of fused-ring (bicyclic) bond motifs is 1. The number of ether oxygens (including phenoxy) is 1. The number of anilines is 1. The molecule has 132 valence electrons. The summed E-state index contributed by atoms with van der Waals surface area (Å²) in [4.78, 5) is 26.0. The molecule has 1 aliphatic rings. The van der Waals surface area contributed by atoms with Crippen LogP contribution in [0.1, 0.15) is 35.3 Å². The molecular weight excluding hydrogens is 352 g/mol. The second kappa shape index (κ2) is 7.19. The standard InChI is InChI=1S/C20H17ClN2O3/c1-12(26-19-6-3-14(11-22)9-17(19)21)20(25)16-4-5-18-15(10-16)7-8-23(18)13(2)24/h3-6,9-10,12H,7-8H2,1-2H3. The summed E-state index contributed by atoms with van der Waals surface area (Å²) in [6.45, 7) is 3.83. The van der Waals surface area contributed by atoms with Crippen molar-refractivity contribution in [2.24, 2.45) is 0 Å². The number of Topliss-reactive ketones (excluding diaryl/α,β-unsaturated/α-hetero) is 1. The fourth-order valence-electron chi connectivity index (χ4n) is 3.03. The van der Waals surface area contributed by atoms with Crippen LogP contribution in [-0.4, -0.2) is 24.3 Å². The van der Waals surface area contributed by atoms with Gasteiger partial charge >= 0.3 is 0 Å². The Balaban J connectivity index is 1.77. The number of rotatable bonds is 4. The van der Waals surface area contributed by atoms with Crippen LogP contribution in [0.4, 0.5) is 5.69 Å². The summed E-state index contributed by atoms with van der Waals surface area (Å²) in [6, 6.07) is 12.0. The molecule has 2 aromatic carbocycles. The molecule has 26 heavy (non-hydrogen) atoms. The number of carbonyl (C=O) groups excluding carboxylic acids is 2. The minimum atomic E-state index is -0.733. The van der Waals surface area contributed by atoms with Gasteiger partial charge in [-0.1, -0.05) is 11.6 Å². The van der Waals surface area contributed by atoms with Gasteiger partial charge in [0.2, 0.25) is 11.7 Å². The Bertz CT molecular complexity index is 933. The lowest BCUT2D eigenvalue weighted by atomic mass is 10.0. The van der Waals surface area contributed by atoms with Crippen LogP contribution in [0.25, 0.3) is 0 Å². The third kappa shape index (κ3) is 3.42. The van der Waals surface area contributed by atoms with Crippen LogP contribution >= 0.6 is 11.6 Å². The molecule has 0 fully saturated rings. The zero-order chi connectivity index (χ0) is 18.8. The van der Waals surface area contributed by atoms with Crippen molar-refractivity contribution in [3.63, 3.8) is 0 Å². The quantitative estimate of drug-likeness (QED) is 0.770. The van der Waals surface area contributed by atoms with Crippen molar-refractivity contribution in [1.82, 2.24) is 0 Å². The highest BCUT2D eigenvalue weighted by molar-refractivity contribution is 6.32. The molecule has 5 nitrogen and oxygen atoms in total. The number of halogens is 1. The number of nitrogens with zero attached hydrogens (tertiary/aromatic N) is 2. The maximum Gasteiger partial charge on any atom is 0.223 e. The van der Waals surface area contributed by atoms with Gasteiger partial charge in [-0.3, -0.25) is 9.59 Å². The van der Waals surface area contributed by atoms with E-state index in [9.17, 15) is 9.59 Å². The largest absolute Gasteiger partial charge is 0.481 e. The zero-order valence-electron chi connectivity index (χ0n) is 14.5. The van der Waals surface area contributed by atoms with Crippen LogP contribution in [0.2, 0.25) is 5.02 Å². The fourth-order valence-corrected chi connectivity index (χ4v) is 3.25. The van der Waals surface area contributed by atoms with Gasteiger partial charge in [0.25, 0.3) is 0 Å². The van der Waals surface area contributed by atoms with E-state index in [-0.39, 0.29) is 16.7 Å². The number of benzene rings is 2. The molecule has 0 bridgehead atoms. The summed E-state index contributed by atoms with van der Waals surface area (Å²) in [5.74, 6) is 0.180. The van der Waals surface area contributed by atoms with Gasteiger partial charge in [0.1, 0.15) is 5.75 Å². The van der Waals surface area contributed by atoms with E-state index in [1.807, 2.05) is 12.1 Å². The molecule has 1 heterocycles. The second-order valence-electron chi connectivity index (χ2n) is 6.15. The fraction of sp³-hybridized carbons (Fsp3) is 0.250. The third-order valence-corrected chi connectivity index (χ3v) is 4.67. The first-order valence-corrected chi connectivity index (χ1v) is 8.60. The van der Waals surface area contributed by atoms with Crippen LogP contribution in [0.3, 0.4) is 0 Å². The predicted octanol–water partition coefficient (Wildman–Crippen LogP) is 3.77. The molecule has 6 heteroatoms. The van der Waals surface area contributed by atoms with Gasteiger partial charge < -0.3 is 9.64 Å². The number of carbonyl (C=O) groups is 2. The summed E-state index contributed by atoms with van der Waals surface area (Å²) in [7, 11) is 0. The Morgan fingerprint density at radius 2 is 2.04 bits per heavy atom. The highest BCUT2D eigenvalue weighted by atomic mass is 35.5. The molecule has 0 aromatic heterocycles. The van der Waals surface area contributed by atoms with E-state index in [2.05, 4.69) is 0 Å². The summed E-state index contributed by atoms with van der Waals surface area (Å²) in [6.07, 6.45) is -0.00370. The predicted molar refractivity (Wildman–Crippen MR) is 98.8 cm³/mol. The molecule has 0 N–H and O–H groups in total. The molecule has 1 amide bonds. The second-order valence-corrected chi connectivity index (χ2v) is 6.55. The van der Waals surface area contributed by atoms with Gasteiger partial charge in [-0.05, 0) is 55.3 Å². The molecule has 0 saturated heterocycles. The highest BCUT2D eigenvalue weighted by Crippen LogP contribution is 2.30. The van der Waals surface area contributed by atoms with Gasteiger partial charge in [-0.2, -0.15) is 5.26 Å². The molecule has 0 aliphatic carbocycles. The van der Waals surface area contributed by atoms with Crippen molar-refractivity contribution in [3.8, 4) is 11.8 Å². The Morgan fingerprint density at radius 3 is 2.69 bits per heavy atom. The van der Waals surface area contributed by atoms with E-state index in [4.69, 9.17) is 21.6 Å². The topological polar surface area (TPSA) is 70.4 Å². The lowest BCUT2D eigenvalue weighted by Crippen LogP contribution is -2.26. The number of nitriles is 1. The summed E-state index contributed by atoms with van der Waals surface area (Å²) < 4.78 is 5.68. The lowest BCUT2D eigenvalue weighted by Gasteiger charge is -2.17. The van der Waals surface area contributed by atoms with E-state index in [1.165, 1.54) is 13.0 Å². The Morgan fingerprint density at radius 1 is 1.27 bits per heavy atom. The minimum Gasteiger partial charge on any atom is -0.481 e. The van der Waals surface area contributed by atoms with E-state index in [0.717, 1.165) is 17.7 Å². The van der Waals surface area contributed by atoms with Crippen LogP contribution in [-0.2, 0) is 11.2 Å². The smallest absolute Gasteiger partial charge is 0.223 e. The van der Waals surface area contributed by atoms with Crippen LogP contribution < -0.4 is 9.64 Å². The Hall–Kier alpha value is -2.84. The van der Waals surface area contributed by atoms with Crippen LogP contribution in [0.15, 0.2) is 36.4 Å². The first-order valence-electron chi connectivity index (χ1n) is 8.22.